The quantitative estimate of drug-likeness (QED) is 0.760. The Bertz CT molecular complexity index is 222. The van der Waals surface area contributed by atoms with Crippen molar-refractivity contribution >= 4 is 17.3 Å². The van der Waals surface area contributed by atoms with Gasteiger partial charge in [0.25, 0.3) is 0 Å². The lowest BCUT2D eigenvalue weighted by Gasteiger charge is -2.39. The van der Waals surface area contributed by atoms with Gasteiger partial charge in [-0.05, 0) is 39.4 Å². The molecule has 0 bridgehead atoms. The zero-order valence-electron chi connectivity index (χ0n) is 11.0. The summed E-state index contributed by atoms with van der Waals surface area (Å²) in [6, 6.07) is 1.13. The average Bonchev–Trinajstić information content (AvgIpc) is 2.27. The Morgan fingerprint density at radius 1 is 1.19 bits per heavy atom. The molecule has 1 rings (SSSR count). The number of hydrogen-bond acceptors (Lipinski definition) is 2. The molecule has 3 nitrogen and oxygen atoms in total. The van der Waals surface area contributed by atoms with Crippen LogP contribution in [0.5, 0.6) is 0 Å². The maximum atomic E-state index is 5.38. The van der Waals surface area contributed by atoms with Crippen molar-refractivity contribution in [1.29, 1.82) is 0 Å². The third-order valence-electron chi connectivity index (χ3n) is 3.23. The average molecular weight is 243 g/mol. The lowest BCUT2D eigenvalue weighted by molar-refractivity contribution is 0.137. The summed E-state index contributed by atoms with van der Waals surface area (Å²) in [5.74, 6) is 0. The van der Waals surface area contributed by atoms with Gasteiger partial charge >= 0.3 is 0 Å². The molecule has 94 valence electrons. The molecule has 1 atom stereocenters. The first-order valence-corrected chi connectivity index (χ1v) is 6.75. The molecule has 0 radical (unpaired) electrons. The van der Waals surface area contributed by atoms with Crippen molar-refractivity contribution in [2.24, 2.45) is 0 Å². The van der Waals surface area contributed by atoms with Crippen LogP contribution in [0.1, 0.15) is 34.1 Å². The van der Waals surface area contributed by atoms with E-state index in [1.807, 2.05) is 0 Å². The summed E-state index contributed by atoms with van der Waals surface area (Å²) in [4.78, 5) is 4.84. The first-order chi connectivity index (χ1) is 7.54. The second kappa shape index (κ2) is 6.40. The summed E-state index contributed by atoms with van der Waals surface area (Å²) >= 11 is 5.38. The van der Waals surface area contributed by atoms with Crippen LogP contribution in [0.4, 0.5) is 0 Å². The van der Waals surface area contributed by atoms with Gasteiger partial charge in [0.15, 0.2) is 5.11 Å². The summed E-state index contributed by atoms with van der Waals surface area (Å²) < 4.78 is 0. The van der Waals surface area contributed by atoms with Gasteiger partial charge in [-0.25, -0.2) is 0 Å². The van der Waals surface area contributed by atoms with E-state index in [-0.39, 0.29) is 0 Å². The van der Waals surface area contributed by atoms with Gasteiger partial charge in [-0.2, -0.15) is 0 Å². The van der Waals surface area contributed by atoms with Crippen LogP contribution in [-0.4, -0.2) is 53.2 Å². The monoisotopic (exact) mass is 243 g/mol. The highest BCUT2D eigenvalue weighted by Crippen LogP contribution is 2.08. The molecule has 0 saturated carbocycles. The van der Waals surface area contributed by atoms with E-state index in [1.165, 1.54) is 6.42 Å². The minimum atomic E-state index is 0.431. The summed E-state index contributed by atoms with van der Waals surface area (Å²) in [7, 11) is 0. The van der Waals surface area contributed by atoms with Crippen molar-refractivity contribution in [2.75, 3.05) is 26.2 Å². The number of thiocarbonyl (C=S) groups is 1. The summed E-state index contributed by atoms with van der Waals surface area (Å²) in [5, 5.41) is 4.22. The molecule has 0 aliphatic carbocycles. The van der Waals surface area contributed by atoms with Gasteiger partial charge in [0.2, 0.25) is 0 Å². The Balaban J connectivity index is 2.34. The van der Waals surface area contributed by atoms with Gasteiger partial charge in [-0.3, -0.25) is 4.90 Å². The molecule has 1 N–H and O–H groups in total. The van der Waals surface area contributed by atoms with Gasteiger partial charge in [0.05, 0.1) is 0 Å². The SMILES string of the molecule is CCC(C)N1CCN(C(=S)NC(C)C)CC1. The van der Waals surface area contributed by atoms with Crippen LogP contribution in [-0.2, 0) is 0 Å². The number of nitrogens with zero attached hydrogens (tertiary/aromatic N) is 2. The molecule has 0 aromatic heterocycles. The van der Waals surface area contributed by atoms with Crippen LogP contribution in [0.25, 0.3) is 0 Å². The minimum Gasteiger partial charge on any atom is -0.360 e. The molecular weight excluding hydrogens is 218 g/mol. The molecule has 0 amide bonds. The van der Waals surface area contributed by atoms with Gasteiger partial charge in [-0.15, -0.1) is 0 Å². The fourth-order valence-corrected chi connectivity index (χ4v) is 2.38. The standard InChI is InChI=1S/C12H25N3S/c1-5-11(4)14-6-8-15(9-7-14)12(16)13-10(2)3/h10-11H,5-9H2,1-4H3,(H,13,16). The third kappa shape index (κ3) is 3.91. The van der Waals surface area contributed by atoms with Gasteiger partial charge < -0.3 is 10.2 Å². The Labute approximate surface area is 105 Å². The lowest BCUT2D eigenvalue weighted by atomic mass is 10.2. The van der Waals surface area contributed by atoms with Gasteiger partial charge in [0, 0.05) is 38.3 Å². The smallest absolute Gasteiger partial charge is 0.169 e. The third-order valence-corrected chi connectivity index (χ3v) is 3.60. The normalized spacial score (nSPS) is 19.9. The maximum Gasteiger partial charge on any atom is 0.169 e. The summed E-state index contributed by atoms with van der Waals surface area (Å²) in [5.41, 5.74) is 0. The Kier molecular flexibility index (Phi) is 5.49. The van der Waals surface area contributed by atoms with E-state index in [0.29, 0.717) is 12.1 Å². The fourth-order valence-electron chi connectivity index (χ4n) is 1.96. The van der Waals surface area contributed by atoms with Gasteiger partial charge in [-0.1, -0.05) is 6.92 Å². The Morgan fingerprint density at radius 2 is 1.75 bits per heavy atom. The van der Waals surface area contributed by atoms with E-state index >= 15 is 0 Å². The molecule has 1 unspecified atom stereocenters. The maximum absolute atomic E-state index is 5.38. The van der Waals surface area contributed by atoms with Crippen molar-refractivity contribution in [3.63, 3.8) is 0 Å². The molecule has 1 heterocycles. The predicted octanol–water partition coefficient (Wildman–Crippen LogP) is 1.69. The van der Waals surface area contributed by atoms with E-state index in [0.717, 1.165) is 31.3 Å². The summed E-state index contributed by atoms with van der Waals surface area (Å²) in [6.45, 7) is 13.2. The highest BCUT2D eigenvalue weighted by Gasteiger charge is 2.21. The number of rotatable bonds is 3. The van der Waals surface area contributed by atoms with Crippen LogP contribution >= 0.6 is 12.2 Å². The molecule has 16 heavy (non-hydrogen) atoms. The largest absolute Gasteiger partial charge is 0.360 e. The van der Waals surface area contributed by atoms with Gasteiger partial charge in [0.1, 0.15) is 0 Å². The van der Waals surface area contributed by atoms with Crippen LogP contribution in [0.2, 0.25) is 0 Å². The Morgan fingerprint density at radius 3 is 2.19 bits per heavy atom. The first kappa shape index (κ1) is 13.7. The highest BCUT2D eigenvalue weighted by molar-refractivity contribution is 7.80. The summed E-state index contributed by atoms with van der Waals surface area (Å²) in [6.07, 6.45) is 1.23. The molecule has 1 aliphatic heterocycles. The van der Waals surface area contributed by atoms with Crippen molar-refractivity contribution in [3.8, 4) is 0 Å². The van der Waals surface area contributed by atoms with Crippen LogP contribution in [0.3, 0.4) is 0 Å². The van der Waals surface area contributed by atoms with E-state index in [9.17, 15) is 0 Å². The van der Waals surface area contributed by atoms with Crippen LogP contribution < -0.4 is 5.32 Å². The predicted molar refractivity (Wildman–Crippen MR) is 73.8 cm³/mol. The zero-order chi connectivity index (χ0) is 12.1. The van der Waals surface area contributed by atoms with Crippen molar-refractivity contribution in [2.45, 2.75) is 46.2 Å². The van der Waals surface area contributed by atoms with Crippen molar-refractivity contribution < 1.29 is 0 Å². The molecule has 0 spiro atoms. The molecular formula is C12H25N3S. The second-order valence-electron chi connectivity index (χ2n) is 4.88. The fraction of sp³-hybridized carbons (Fsp3) is 0.917. The molecule has 4 heteroatoms. The Hall–Kier alpha value is -0.350. The second-order valence-corrected chi connectivity index (χ2v) is 5.27. The molecule has 1 aliphatic rings. The zero-order valence-corrected chi connectivity index (χ0v) is 11.8. The van der Waals surface area contributed by atoms with Crippen molar-refractivity contribution in [1.82, 2.24) is 15.1 Å². The number of nitrogens with one attached hydrogen (secondary N) is 1. The van der Waals surface area contributed by atoms with Crippen LogP contribution in [0, 0.1) is 0 Å². The molecule has 1 saturated heterocycles. The van der Waals surface area contributed by atoms with E-state index in [2.05, 4.69) is 42.8 Å². The van der Waals surface area contributed by atoms with Crippen LogP contribution in [0.15, 0.2) is 0 Å². The lowest BCUT2D eigenvalue weighted by Crippen LogP contribution is -2.54. The molecule has 1 fully saturated rings. The molecule has 0 aromatic rings. The minimum absolute atomic E-state index is 0.431. The highest BCUT2D eigenvalue weighted by atomic mass is 32.1. The first-order valence-electron chi connectivity index (χ1n) is 6.34. The molecule has 0 aromatic carbocycles. The number of hydrogen-bond donors (Lipinski definition) is 1. The van der Waals surface area contributed by atoms with Crippen molar-refractivity contribution in [3.05, 3.63) is 0 Å². The number of piperazine rings is 1. The topological polar surface area (TPSA) is 18.5 Å². The van der Waals surface area contributed by atoms with E-state index in [4.69, 9.17) is 12.2 Å². The van der Waals surface area contributed by atoms with E-state index in [1.54, 1.807) is 0 Å². The van der Waals surface area contributed by atoms with E-state index < -0.39 is 0 Å².